The molecule has 2 aliphatic rings. The Bertz CT molecular complexity index is 656. The molecule has 1 saturated carbocycles. The fraction of sp³-hybridized carbons (Fsp3) is 0.682. The number of guanidine groups is 1. The van der Waals surface area contributed by atoms with E-state index in [2.05, 4.69) is 39.6 Å². The average molecular weight is 516 g/mol. The number of morpholine rings is 1. The first-order valence-corrected chi connectivity index (χ1v) is 10.6. The second-order valence-corrected chi connectivity index (χ2v) is 7.97. The van der Waals surface area contributed by atoms with Crippen molar-refractivity contribution in [3.8, 4) is 5.75 Å². The quantitative estimate of drug-likeness (QED) is 0.345. The van der Waals surface area contributed by atoms with Gasteiger partial charge >= 0.3 is 0 Å². The maximum absolute atomic E-state index is 5.59. The van der Waals surface area contributed by atoms with E-state index in [0.717, 1.165) is 56.7 Å². The number of aryl methyl sites for hydroxylation is 1. The summed E-state index contributed by atoms with van der Waals surface area (Å²) < 4.78 is 10.9. The van der Waals surface area contributed by atoms with Gasteiger partial charge in [-0.3, -0.25) is 9.89 Å². The molecule has 1 heterocycles. The van der Waals surface area contributed by atoms with Gasteiger partial charge in [0.25, 0.3) is 0 Å². The third-order valence-corrected chi connectivity index (χ3v) is 6.19. The first-order chi connectivity index (χ1) is 13.7. The van der Waals surface area contributed by atoms with Crippen molar-refractivity contribution in [2.75, 3.05) is 47.0 Å². The second kappa shape index (κ2) is 12.0. The summed E-state index contributed by atoms with van der Waals surface area (Å²) >= 11 is 0. The van der Waals surface area contributed by atoms with Gasteiger partial charge in [0.1, 0.15) is 5.75 Å². The summed E-state index contributed by atoms with van der Waals surface area (Å²) in [7, 11) is 3.55. The zero-order valence-electron chi connectivity index (χ0n) is 18.1. The van der Waals surface area contributed by atoms with Gasteiger partial charge in [0.05, 0.1) is 20.3 Å². The van der Waals surface area contributed by atoms with Crippen LogP contribution in [0.15, 0.2) is 23.2 Å². The lowest BCUT2D eigenvalue weighted by molar-refractivity contribution is -0.0352. The number of hydrogen-bond acceptors (Lipinski definition) is 4. The second-order valence-electron chi connectivity index (χ2n) is 7.97. The molecule has 1 aromatic rings. The van der Waals surface area contributed by atoms with Crippen molar-refractivity contribution < 1.29 is 9.47 Å². The maximum Gasteiger partial charge on any atom is 0.191 e. The molecule has 0 bridgehead atoms. The van der Waals surface area contributed by atoms with Crippen LogP contribution in [0.1, 0.15) is 43.2 Å². The Kier molecular flexibility index (Phi) is 9.98. The number of nitrogens with zero attached hydrogens (tertiary/aromatic N) is 2. The summed E-state index contributed by atoms with van der Waals surface area (Å²) in [5, 5.41) is 7.08. The van der Waals surface area contributed by atoms with Crippen molar-refractivity contribution in [3.63, 3.8) is 0 Å². The Hall–Kier alpha value is -1.06. The third kappa shape index (κ3) is 6.46. The highest BCUT2D eigenvalue weighted by atomic mass is 127. The van der Waals surface area contributed by atoms with Gasteiger partial charge in [-0.25, -0.2) is 0 Å². The largest absolute Gasteiger partial charge is 0.496 e. The molecule has 6 nitrogen and oxygen atoms in total. The van der Waals surface area contributed by atoms with Gasteiger partial charge < -0.3 is 20.1 Å². The highest BCUT2D eigenvalue weighted by Gasteiger charge is 2.38. The Labute approximate surface area is 192 Å². The van der Waals surface area contributed by atoms with Crippen molar-refractivity contribution in [2.45, 2.75) is 51.1 Å². The lowest BCUT2D eigenvalue weighted by Crippen LogP contribution is -2.60. The van der Waals surface area contributed by atoms with E-state index in [1.165, 1.54) is 37.7 Å². The molecule has 1 aromatic carbocycles. The summed E-state index contributed by atoms with van der Waals surface area (Å²) in [4.78, 5) is 7.10. The van der Waals surface area contributed by atoms with Gasteiger partial charge in [0.15, 0.2) is 5.96 Å². The average Bonchev–Trinajstić information content (AvgIpc) is 2.75. The highest BCUT2D eigenvalue weighted by Crippen LogP contribution is 2.33. The normalized spacial score (nSPS) is 19.9. The summed E-state index contributed by atoms with van der Waals surface area (Å²) in [6.45, 7) is 7.54. The number of nitrogens with one attached hydrogen (secondary N) is 2. The minimum Gasteiger partial charge on any atom is -0.496 e. The van der Waals surface area contributed by atoms with E-state index in [1.54, 1.807) is 7.11 Å². The van der Waals surface area contributed by atoms with Crippen LogP contribution in [0.2, 0.25) is 0 Å². The number of methoxy groups -OCH3 is 1. The van der Waals surface area contributed by atoms with Crippen molar-refractivity contribution in [1.82, 2.24) is 15.5 Å². The molecule has 29 heavy (non-hydrogen) atoms. The van der Waals surface area contributed by atoms with Gasteiger partial charge in [-0.1, -0.05) is 31.4 Å². The van der Waals surface area contributed by atoms with Gasteiger partial charge in [0, 0.05) is 38.8 Å². The molecule has 1 aliphatic heterocycles. The van der Waals surface area contributed by atoms with E-state index in [4.69, 9.17) is 9.47 Å². The number of aliphatic imine (C=N–C) groups is 1. The number of hydrogen-bond donors (Lipinski definition) is 2. The van der Waals surface area contributed by atoms with Crippen LogP contribution in [0.3, 0.4) is 0 Å². The Morgan fingerprint density at radius 2 is 1.90 bits per heavy atom. The topological polar surface area (TPSA) is 58.1 Å². The predicted molar refractivity (Wildman–Crippen MR) is 130 cm³/mol. The molecule has 1 aliphatic carbocycles. The van der Waals surface area contributed by atoms with Crippen LogP contribution in [-0.4, -0.2) is 63.4 Å². The molecular weight excluding hydrogens is 479 g/mol. The predicted octanol–water partition coefficient (Wildman–Crippen LogP) is 3.32. The molecule has 0 spiro atoms. The van der Waals surface area contributed by atoms with E-state index in [-0.39, 0.29) is 29.5 Å². The fourth-order valence-electron chi connectivity index (χ4n) is 4.56. The monoisotopic (exact) mass is 516 g/mol. The Morgan fingerprint density at radius 1 is 1.17 bits per heavy atom. The summed E-state index contributed by atoms with van der Waals surface area (Å²) in [6, 6.07) is 6.29. The molecule has 0 amide bonds. The van der Waals surface area contributed by atoms with Gasteiger partial charge in [0.2, 0.25) is 0 Å². The summed E-state index contributed by atoms with van der Waals surface area (Å²) in [6.07, 6.45) is 6.51. The number of ether oxygens (including phenoxy) is 2. The van der Waals surface area contributed by atoms with E-state index < -0.39 is 0 Å². The molecule has 7 heteroatoms. The van der Waals surface area contributed by atoms with Gasteiger partial charge in [-0.2, -0.15) is 0 Å². The molecule has 164 valence electrons. The molecule has 0 unspecified atom stereocenters. The van der Waals surface area contributed by atoms with Crippen molar-refractivity contribution in [1.29, 1.82) is 0 Å². The van der Waals surface area contributed by atoms with Crippen molar-refractivity contribution in [3.05, 3.63) is 29.3 Å². The SMILES string of the molecule is CN=C(NCc1ccc(OC)c(C)c1)NCC1(N2CCOCC2)CCCCC1.I. The number of halogens is 1. The van der Waals surface area contributed by atoms with E-state index in [1.807, 2.05) is 13.1 Å². The minimum absolute atomic E-state index is 0. The van der Waals surface area contributed by atoms with Crippen LogP contribution in [0.25, 0.3) is 0 Å². The Morgan fingerprint density at radius 3 is 2.52 bits per heavy atom. The molecule has 0 aromatic heterocycles. The van der Waals surface area contributed by atoms with Crippen LogP contribution < -0.4 is 15.4 Å². The van der Waals surface area contributed by atoms with Crippen molar-refractivity contribution >= 4 is 29.9 Å². The van der Waals surface area contributed by atoms with Gasteiger partial charge in [-0.05, 0) is 37.0 Å². The van der Waals surface area contributed by atoms with Crippen LogP contribution in [0, 0.1) is 6.92 Å². The lowest BCUT2D eigenvalue weighted by Gasteiger charge is -2.48. The number of rotatable bonds is 6. The smallest absolute Gasteiger partial charge is 0.191 e. The summed E-state index contributed by atoms with van der Waals surface area (Å²) in [5.41, 5.74) is 2.61. The van der Waals surface area contributed by atoms with Crippen LogP contribution in [0.5, 0.6) is 5.75 Å². The van der Waals surface area contributed by atoms with Gasteiger partial charge in [-0.15, -0.1) is 24.0 Å². The molecule has 1 saturated heterocycles. The highest BCUT2D eigenvalue weighted by molar-refractivity contribution is 14.0. The lowest BCUT2D eigenvalue weighted by atomic mass is 9.80. The first kappa shape index (κ1) is 24.2. The standard InChI is InChI=1S/C22H36N4O2.HI/c1-18-15-19(7-8-20(18)27-3)16-24-21(23-2)25-17-22(9-5-4-6-10-22)26-11-13-28-14-12-26;/h7-8,15H,4-6,9-14,16-17H2,1-3H3,(H2,23,24,25);1H. The van der Waals surface area contributed by atoms with Crippen molar-refractivity contribution in [2.24, 2.45) is 4.99 Å². The maximum atomic E-state index is 5.59. The molecule has 3 rings (SSSR count). The zero-order chi connectivity index (χ0) is 19.8. The number of benzene rings is 1. The zero-order valence-corrected chi connectivity index (χ0v) is 20.5. The first-order valence-electron chi connectivity index (χ1n) is 10.6. The van der Waals surface area contributed by atoms with Crippen LogP contribution in [-0.2, 0) is 11.3 Å². The van der Waals surface area contributed by atoms with Crippen LogP contribution >= 0.6 is 24.0 Å². The molecule has 2 fully saturated rings. The molecule has 0 radical (unpaired) electrons. The summed E-state index contributed by atoms with van der Waals surface area (Å²) in [5.74, 6) is 1.79. The molecule has 2 N–H and O–H groups in total. The molecule has 0 atom stereocenters. The van der Waals surface area contributed by atoms with Crippen LogP contribution in [0.4, 0.5) is 0 Å². The Balaban J connectivity index is 0.00000300. The molecular formula is C22H37IN4O2. The fourth-order valence-corrected chi connectivity index (χ4v) is 4.56. The minimum atomic E-state index is 0. The third-order valence-electron chi connectivity index (χ3n) is 6.19. The van der Waals surface area contributed by atoms with E-state index >= 15 is 0 Å². The van der Waals surface area contributed by atoms with E-state index in [9.17, 15) is 0 Å². The van der Waals surface area contributed by atoms with E-state index in [0.29, 0.717) is 0 Å².